The molecule has 2 aromatic rings. The molecule has 5 heteroatoms. The van der Waals surface area contributed by atoms with Crippen molar-refractivity contribution in [3.8, 4) is 16.9 Å². The third-order valence-electron chi connectivity index (χ3n) is 5.74. The second-order valence-corrected chi connectivity index (χ2v) is 11.2. The average Bonchev–Trinajstić information content (AvgIpc) is 2.77. The zero-order valence-electron chi connectivity index (χ0n) is 17.4. The van der Waals surface area contributed by atoms with Gasteiger partial charge in [-0.05, 0) is 48.3 Å². The number of phenols is 1. The van der Waals surface area contributed by atoms with Gasteiger partial charge in [-0.15, -0.1) is 0 Å². The van der Waals surface area contributed by atoms with Gasteiger partial charge in [-0.25, -0.2) is 0 Å². The Labute approximate surface area is 194 Å². The molecule has 29 heavy (non-hydrogen) atoms. The van der Waals surface area contributed by atoms with Crippen LogP contribution in [0.2, 0.25) is 0 Å². The van der Waals surface area contributed by atoms with Crippen LogP contribution >= 0.6 is 17.0 Å². The van der Waals surface area contributed by atoms with Crippen LogP contribution in [0.1, 0.15) is 75.8 Å². The Morgan fingerprint density at radius 3 is 2.24 bits per heavy atom. The molecule has 1 aliphatic carbocycles. The number of aliphatic imine (C=N–C) groups is 1. The van der Waals surface area contributed by atoms with Gasteiger partial charge in [0, 0.05) is 17.8 Å². The summed E-state index contributed by atoms with van der Waals surface area (Å²) in [6.07, 6.45) is 10.2. The van der Waals surface area contributed by atoms with Crippen LogP contribution in [-0.2, 0) is 20.8 Å². The molecule has 0 unspecified atom stereocenters. The summed E-state index contributed by atoms with van der Waals surface area (Å²) in [4.78, 5) is 4.78. The van der Waals surface area contributed by atoms with Gasteiger partial charge in [0.15, 0.2) is 0 Å². The zero-order chi connectivity index (χ0) is 21.1. The van der Waals surface area contributed by atoms with Crippen LogP contribution in [0.3, 0.4) is 0 Å². The third kappa shape index (κ3) is 7.23. The van der Waals surface area contributed by atoms with Crippen molar-refractivity contribution in [3.63, 3.8) is 0 Å². The Kier molecular flexibility index (Phi) is 11.6. The molecule has 0 spiro atoms. The Hall–Kier alpha value is -0.627. The number of rotatable bonds is 6. The first kappa shape index (κ1) is 24.6. The number of hydrogen-bond donors (Lipinski definition) is 1. The molecule has 0 bridgehead atoms. The molecular formula is C24H31Cl2NOZr. The number of hydrogen-bond acceptors (Lipinski definition) is 2. The van der Waals surface area contributed by atoms with Crippen LogP contribution < -0.4 is 0 Å². The topological polar surface area (TPSA) is 32.6 Å². The van der Waals surface area contributed by atoms with Gasteiger partial charge >= 0.3 is 37.9 Å². The molecule has 2 aromatic carbocycles. The maximum atomic E-state index is 11.2. The Morgan fingerprint density at radius 2 is 1.66 bits per heavy atom. The van der Waals surface area contributed by atoms with Gasteiger partial charge < -0.3 is 5.11 Å². The molecule has 0 heterocycles. The van der Waals surface area contributed by atoms with Crippen LogP contribution in [0.4, 0.5) is 0 Å². The van der Waals surface area contributed by atoms with E-state index in [-0.39, 0.29) is 0 Å². The van der Waals surface area contributed by atoms with Crippen molar-refractivity contribution in [2.45, 2.75) is 70.8 Å². The summed E-state index contributed by atoms with van der Waals surface area (Å²) in [7, 11) is 9.87. The Balaban J connectivity index is 0.000000941. The van der Waals surface area contributed by atoms with Gasteiger partial charge in [0.1, 0.15) is 5.75 Å². The molecule has 1 aliphatic rings. The van der Waals surface area contributed by atoms with E-state index in [1.165, 1.54) is 32.1 Å². The van der Waals surface area contributed by atoms with Gasteiger partial charge in [0.05, 0.1) is 0 Å². The molecular weight excluding hydrogens is 480 g/mol. The quantitative estimate of drug-likeness (QED) is 0.391. The fourth-order valence-electron chi connectivity index (χ4n) is 4.05. The van der Waals surface area contributed by atoms with E-state index in [0.29, 0.717) is 17.7 Å². The molecule has 0 atom stereocenters. The predicted octanol–water partition coefficient (Wildman–Crippen LogP) is 8.09. The van der Waals surface area contributed by atoms with Crippen LogP contribution in [-0.4, -0.2) is 17.4 Å². The van der Waals surface area contributed by atoms with E-state index in [1.807, 2.05) is 24.4 Å². The molecule has 0 radical (unpaired) electrons. The third-order valence-corrected chi connectivity index (χ3v) is 5.74. The standard InChI is InChI=1S/C24H31NO.2ClH.Zr/c1-3-20(4-2)25-17-23-21(18-11-7-5-8-12-18)15-16-22(24(23)26)19-13-9-6-10-14-19;;;/h5,7-8,11-12,15-17,19-20,26H,3-4,6,9-10,13-14H2,1-2H3;2*1H;/q;;;+2/p-2. The van der Waals surface area contributed by atoms with Gasteiger partial charge in [0.2, 0.25) is 0 Å². The van der Waals surface area contributed by atoms with Gasteiger partial charge in [-0.2, -0.15) is 0 Å². The van der Waals surface area contributed by atoms with Gasteiger partial charge in [0.25, 0.3) is 0 Å². The summed E-state index contributed by atoms with van der Waals surface area (Å²) in [5, 5.41) is 11.2. The molecule has 1 fully saturated rings. The van der Waals surface area contributed by atoms with E-state index in [4.69, 9.17) is 22.0 Å². The Morgan fingerprint density at radius 1 is 1.03 bits per heavy atom. The maximum absolute atomic E-state index is 11.2. The van der Waals surface area contributed by atoms with E-state index < -0.39 is 20.8 Å². The van der Waals surface area contributed by atoms with Crippen molar-refractivity contribution in [2.75, 3.05) is 0 Å². The van der Waals surface area contributed by atoms with E-state index >= 15 is 0 Å². The summed E-state index contributed by atoms with van der Waals surface area (Å²) in [6, 6.07) is 14.9. The van der Waals surface area contributed by atoms with E-state index in [1.54, 1.807) is 0 Å². The normalized spacial score (nSPS) is 14.7. The van der Waals surface area contributed by atoms with Crippen molar-refractivity contribution in [1.29, 1.82) is 0 Å². The molecule has 0 aromatic heterocycles. The van der Waals surface area contributed by atoms with Crippen LogP contribution in [0, 0.1) is 0 Å². The first-order valence-electron chi connectivity index (χ1n) is 10.6. The van der Waals surface area contributed by atoms with E-state index in [9.17, 15) is 5.11 Å². The zero-order valence-corrected chi connectivity index (χ0v) is 21.3. The van der Waals surface area contributed by atoms with Crippen LogP contribution in [0.15, 0.2) is 47.5 Å². The molecule has 3 rings (SSSR count). The monoisotopic (exact) mass is 509 g/mol. The summed E-state index contributed by atoms with van der Waals surface area (Å²) in [5.41, 5.74) is 4.18. The number of nitrogens with zero attached hydrogens (tertiary/aromatic N) is 1. The Bertz CT molecular complexity index is 757. The van der Waals surface area contributed by atoms with E-state index in [0.717, 1.165) is 35.1 Å². The van der Waals surface area contributed by atoms with Crippen LogP contribution in [0.5, 0.6) is 5.75 Å². The van der Waals surface area contributed by atoms with Crippen molar-refractivity contribution in [1.82, 2.24) is 0 Å². The second kappa shape index (κ2) is 13.6. The number of benzene rings is 2. The SMILES string of the molecule is CCC(CC)N=Cc1c(-c2ccccc2)ccc(C2CCCCC2)c1O.[Cl][Zr][Cl]. The number of halogens is 2. The molecule has 1 N–H and O–H groups in total. The minimum absolute atomic E-state index is 0.316. The first-order valence-corrected chi connectivity index (χ1v) is 16.9. The van der Waals surface area contributed by atoms with Crippen molar-refractivity contribution in [3.05, 3.63) is 53.6 Å². The molecule has 1 saturated carbocycles. The second-order valence-electron chi connectivity index (χ2n) is 7.49. The summed E-state index contributed by atoms with van der Waals surface area (Å²) < 4.78 is 0. The van der Waals surface area contributed by atoms with Crippen molar-refractivity contribution >= 4 is 23.2 Å². The van der Waals surface area contributed by atoms with E-state index in [2.05, 4.69) is 38.1 Å². The fourth-order valence-corrected chi connectivity index (χ4v) is 4.05. The summed E-state index contributed by atoms with van der Waals surface area (Å²) in [5.74, 6) is 0.918. The first-order chi connectivity index (χ1) is 14.2. The summed E-state index contributed by atoms with van der Waals surface area (Å²) >= 11 is -0.826. The van der Waals surface area contributed by atoms with Crippen molar-refractivity contribution < 1.29 is 26.0 Å². The molecule has 0 saturated heterocycles. The predicted molar refractivity (Wildman–Crippen MR) is 123 cm³/mol. The number of aromatic hydroxyl groups is 1. The number of phenolic OH excluding ortho intramolecular Hbond substituents is 1. The van der Waals surface area contributed by atoms with Crippen LogP contribution in [0.25, 0.3) is 11.1 Å². The molecule has 0 aliphatic heterocycles. The van der Waals surface area contributed by atoms with Crippen molar-refractivity contribution in [2.24, 2.45) is 4.99 Å². The molecule has 0 amide bonds. The fraction of sp³-hybridized carbons (Fsp3) is 0.458. The van der Waals surface area contributed by atoms with Gasteiger partial charge in [-0.3, -0.25) is 4.99 Å². The molecule has 156 valence electrons. The summed E-state index contributed by atoms with van der Waals surface area (Å²) in [6.45, 7) is 4.34. The van der Waals surface area contributed by atoms with Gasteiger partial charge in [-0.1, -0.05) is 75.6 Å². The minimum atomic E-state index is -0.826. The average molecular weight is 512 g/mol. The molecule has 2 nitrogen and oxygen atoms in total.